The fourth-order valence-electron chi connectivity index (χ4n) is 7.35. The Labute approximate surface area is 156 Å². The number of ketones is 1. The molecule has 0 aromatic rings. The van der Waals surface area contributed by atoms with E-state index in [0.29, 0.717) is 19.6 Å². The second kappa shape index (κ2) is 3.95. The number of Topliss-reactive ketones (excluding diaryl/α,β-unsaturated/α-hetero) is 1. The van der Waals surface area contributed by atoms with Crippen LogP contribution in [0.3, 0.4) is 0 Å². The topological polar surface area (TPSA) is 81.0 Å². The minimum Gasteiger partial charge on any atom is -0.457 e. The van der Waals surface area contributed by atoms with E-state index in [9.17, 15) is 9.59 Å². The van der Waals surface area contributed by atoms with E-state index in [2.05, 4.69) is 26.8 Å². The van der Waals surface area contributed by atoms with E-state index in [1.54, 1.807) is 0 Å². The molecule has 6 heteroatoms. The van der Waals surface area contributed by atoms with E-state index in [1.807, 2.05) is 0 Å². The van der Waals surface area contributed by atoms with Crippen LogP contribution in [-0.4, -0.2) is 54.0 Å². The van der Waals surface area contributed by atoms with Gasteiger partial charge in [-0.15, -0.1) is 0 Å². The highest BCUT2D eigenvalue weighted by molar-refractivity contribution is 5.97. The summed E-state index contributed by atoms with van der Waals surface area (Å²) in [6.07, 6.45) is 3.05. The summed E-state index contributed by atoms with van der Waals surface area (Å²) in [6, 6.07) is 0. The number of fused-ring (bicyclic) bond motifs is 2. The molecule has 0 unspecified atom stereocenters. The van der Waals surface area contributed by atoms with Crippen molar-refractivity contribution < 1.29 is 28.5 Å². The highest BCUT2D eigenvalue weighted by Gasteiger charge is 3.00. The molecule has 0 amide bonds. The minimum absolute atomic E-state index is 0.120. The van der Waals surface area contributed by atoms with Crippen LogP contribution in [0.1, 0.15) is 33.6 Å². The van der Waals surface area contributed by atoms with Gasteiger partial charge in [0, 0.05) is 16.6 Å². The predicted octanol–water partition coefficient (Wildman–Crippen LogP) is 1.48. The van der Waals surface area contributed by atoms with Crippen LogP contribution in [0.5, 0.6) is 0 Å². The van der Waals surface area contributed by atoms with Crippen LogP contribution >= 0.6 is 0 Å². The van der Waals surface area contributed by atoms with Gasteiger partial charge < -0.3 is 18.9 Å². The number of epoxide rings is 3. The Morgan fingerprint density at radius 3 is 2.63 bits per heavy atom. The third-order valence-corrected chi connectivity index (χ3v) is 8.53. The molecular weight excluding hydrogens is 348 g/mol. The summed E-state index contributed by atoms with van der Waals surface area (Å²) in [6.45, 7) is 7.23. The van der Waals surface area contributed by atoms with Crippen molar-refractivity contribution in [2.75, 3.05) is 13.2 Å². The number of carbonyl (C=O) groups is 2. The summed E-state index contributed by atoms with van der Waals surface area (Å²) in [4.78, 5) is 25.5. The lowest BCUT2D eigenvalue weighted by molar-refractivity contribution is -0.136. The van der Waals surface area contributed by atoms with Crippen LogP contribution < -0.4 is 0 Å². The Kier molecular flexibility index (Phi) is 2.26. The Morgan fingerprint density at radius 1 is 1.15 bits per heavy atom. The number of rotatable bonds is 1. The van der Waals surface area contributed by atoms with Gasteiger partial charge in [0.05, 0.1) is 12.5 Å². The van der Waals surface area contributed by atoms with Gasteiger partial charge in [-0.1, -0.05) is 20.8 Å². The van der Waals surface area contributed by atoms with Gasteiger partial charge in [-0.05, 0) is 30.4 Å². The van der Waals surface area contributed by atoms with Crippen molar-refractivity contribution >= 4 is 11.8 Å². The first-order chi connectivity index (χ1) is 12.8. The fourth-order valence-corrected chi connectivity index (χ4v) is 7.35. The van der Waals surface area contributed by atoms with E-state index < -0.39 is 22.9 Å². The van der Waals surface area contributed by atoms with Gasteiger partial charge in [0.1, 0.15) is 23.9 Å². The molecule has 7 rings (SSSR count). The molecule has 4 heterocycles. The Bertz CT molecular complexity index is 925. The van der Waals surface area contributed by atoms with E-state index >= 15 is 0 Å². The van der Waals surface area contributed by atoms with Crippen LogP contribution in [0.4, 0.5) is 0 Å². The SMILES string of the molecule is CC(C)[C@@H]1C(=O)[C@@H]2O[C@]23[C@]2(O[C@H]2C=C2C4=C(CC[C@@]23C)C(=O)OC4)[C@]12CO2. The molecule has 3 spiro atoms. The summed E-state index contributed by atoms with van der Waals surface area (Å²) >= 11 is 0. The standard InChI is InChI=1S/C21H22O6/c1-9(2)14-15(22)16-21(27-16)18(3)5-4-10-11(7-24-17(10)23)12(18)6-13-20(21,26-13)19(14)8-25-19/h6,9,13-14,16H,4-5,7-8H2,1-3H3/t13-,14+,16-,18-,19-,20+,21+/m0/s1. The molecule has 6 nitrogen and oxygen atoms in total. The lowest BCUT2D eigenvalue weighted by atomic mass is 9.48. The smallest absolute Gasteiger partial charge is 0.334 e. The summed E-state index contributed by atoms with van der Waals surface area (Å²) in [7, 11) is 0. The maximum Gasteiger partial charge on any atom is 0.334 e. The van der Waals surface area contributed by atoms with Crippen LogP contribution in [0.2, 0.25) is 0 Å². The maximum absolute atomic E-state index is 13.4. The van der Waals surface area contributed by atoms with Crippen molar-refractivity contribution in [3.05, 3.63) is 22.8 Å². The Morgan fingerprint density at radius 2 is 1.93 bits per heavy atom. The van der Waals surface area contributed by atoms with Gasteiger partial charge in [-0.25, -0.2) is 4.79 Å². The Balaban J connectivity index is 1.46. The molecule has 0 N–H and O–H groups in total. The van der Waals surface area contributed by atoms with E-state index in [0.717, 1.165) is 23.1 Å². The average molecular weight is 370 g/mol. The number of cyclic esters (lactones) is 1. The normalized spacial score (nSPS) is 56.0. The molecule has 4 fully saturated rings. The van der Waals surface area contributed by atoms with Crippen LogP contribution in [0.25, 0.3) is 0 Å². The van der Waals surface area contributed by atoms with Crippen molar-refractivity contribution in [1.82, 2.24) is 0 Å². The second-order valence-corrected chi connectivity index (χ2v) is 9.76. The van der Waals surface area contributed by atoms with Crippen molar-refractivity contribution in [3.63, 3.8) is 0 Å². The molecule has 27 heavy (non-hydrogen) atoms. The molecule has 7 aliphatic rings. The molecule has 0 aromatic carbocycles. The number of carbonyl (C=O) groups excluding carboxylic acids is 2. The van der Waals surface area contributed by atoms with Crippen molar-refractivity contribution in [3.8, 4) is 0 Å². The number of hydrogen-bond donors (Lipinski definition) is 0. The van der Waals surface area contributed by atoms with Crippen LogP contribution in [0.15, 0.2) is 22.8 Å². The van der Waals surface area contributed by atoms with E-state index in [1.165, 1.54) is 0 Å². The van der Waals surface area contributed by atoms with Crippen LogP contribution in [0, 0.1) is 17.3 Å². The van der Waals surface area contributed by atoms with Gasteiger partial charge in [-0.2, -0.15) is 0 Å². The van der Waals surface area contributed by atoms with Gasteiger partial charge in [-0.3, -0.25) is 4.79 Å². The highest BCUT2D eigenvalue weighted by atomic mass is 16.7. The maximum atomic E-state index is 13.4. The third kappa shape index (κ3) is 1.25. The molecule has 0 radical (unpaired) electrons. The molecule has 4 aliphatic heterocycles. The summed E-state index contributed by atoms with van der Waals surface area (Å²) in [5.41, 5.74) is 0.726. The molecule has 3 saturated heterocycles. The monoisotopic (exact) mass is 370 g/mol. The Hall–Kier alpha value is -1.50. The number of hydrogen-bond acceptors (Lipinski definition) is 6. The summed E-state index contributed by atoms with van der Waals surface area (Å²) < 4.78 is 24.2. The van der Waals surface area contributed by atoms with Gasteiger partial charge in [0.2, 0.25) is 0 Å². The summed E-state index contributed by atoms with van der Waals surface area (Å²) in [5, 5.41) is 0. The molecule has 0 bridgehead atoms. The second-order valence-electron chi connectivity index (χ2n) is 9.76. The quantitative estimate of drug-likeness (QED) is 0.514. The van der Waals surface area contributed by atoms with Gasteiger partial charge in [0.15, 0.2) is 17.5 Å². The highest BCUT2D eigenvalue weighted by Crippen LogP contribution is 2.81. The zero-order valence-electron chi connectivity index (χ0n) is 15.7. The molecule has 7 atom stereocenters. The van der Waals surface area contributed by atoms with E-state index in [4.69, 9.17) is 18.9 Å². The van der Waals surface area contributed by atoms with Gasteiger partial charge >= 0.3 is 5.97 Å². The van der Waals surface area contributed by atoms with Crippen molar-refractivity contribution in [2.45, 2.75) is 62.6 Å². The molecule has 3 aliphatic carbocycles. The molecular formula is C21H22O6. The largest absolute Gasteiger partial charge is 0.457 e. The zero-order chi connectivity index (χ0) is 18.6. The van der Waals surface area contributed by atoms with Crippen LogP contribution in [-0.2, 0) is 28.5 Å². The average Bonchev–Trinajstić information content (AvgIpc) is 3.49. The molecule has 142 valence electrons. The lowest BCUT2D eigenvalue weighted by Crippen LogP contribution is -2.68. The van der Waals surface area contributed by atoms with Crippen molar-refractivity contribution in [2.24, 2.45) is 17.3 Å². The molecule has 0 aromatic heterocycles. The summed E-state index contributed by atoms with van der Waals surface area (Å²) in [5.74, 6) is -0.0326. The predicted molar refractivity (Wildman–Crippen MR) is 90.6 cm³/mol. The fraction of sp³-hybridized carbons (Fsp3) is 0.714. The first-order valence-corrected chi connectivity index (χ1v) is 9.99. The zero-order valence-corrected chi connectivity index (χ0v) is 15.7. The first kappa shape index (κ1) is 15.4. The van der Waals surface area contributed by atoms with E-state index in [-0.39, 0.29) is 35.1 Å². The van der Waals surface area contributed by atoms with Gasteiger partial charge in [0.25, 0.3) is 0 Å². The number of ether oxygens (including phenoxy) is 4. The lowest BCUT2D eigenvalue weighted by Gasteiger charge is -2.50. The minimum atomic E-state index is -0.669. The molecule has 1 saturated carbocycles. The first-order valence-electron chi connectivity index (χ1n) is 9.99. The number of esters is 1. The van der Waals surface area contributed by atoms with Crippen molar-refractivity contribution in [1.29, 1.82) is 0 Å². The third-order valence-electron chi connectivity index (χ3n) is 8.53.